The zero-order valence-electron chi connectivity index (χ0n) is 13.1. The Labute approximate surface area is 133 Å². The van der Waals surface area contributed by atoms with E-state index in [1.165, 1.54) is 0 Å². The van der Waals surface area contributed by atoms with Crippen LogP contribution in [0.4, 0.5) is 0 Å². The van der Waals surface area contributed by atoms with E-state index >= 15 is 0 Å². The lowest BCUT2D eigenvalue weighted by Gasteiger charge is -2.04. The summed E-state index contributed by atoms with van der Waals surface area (Å²) in [6, 6.07) is 6.18. The molecule has 114 valence electrons. The van der Waals surface area contributed by atoms with E-state index in [1.54, 1.807) is 6.33 Å². The van der Waals surface area contributed by atoms with Crippen LogP contribution in [0.3, 0.4) is 0 Å². The quantitative estimate of drug-likeness (QED) is 0.625. The van der Waals surface area contributed by atoms with E-state index in [-0.39, 0.29) is 0 Å². The lowest BCUT2D eigenvalue weighted by atomic mass is 10.0. The molecule has 3 aromatic heterocycles. The zero-order chi connectivity index (χ0) is 15.8. The first-order valence-corrected chi connectivity index (χ1v) is 7.74. The Morgan fingerprint density at radius 2 is 2.04 bits per heavy atom. The van der Waals surface area contributed by atoms with Gasteiger partial charge in [-0.2, -0.15) is 0 Å². The highest BCUT2D eigenvalue weighted by atomic mass is 14.9. The lowest BCUT2D eigenvalue weighted by Crippen LogP contribution is -2.00. The summed E-state index contributed by atoms with van der Waals surface area (Å²) in [6.45, 7) is 4.34. The summed E-state index contributed by atoms with van der Waals surface area (Å²) in [7, 11) is 0. The highest BCUT2D eigenvalue weighted by molar-refractivity contribution is 5.95. The number of nitrogens with one attached hydrogen (secondary N) is 1. The Morgan fingerprint density at radius 3 is 2.91 bits per heavy atom. The molecule has 0 fully saturated rings. The second-order valence-electron chi connectivity index (χ2n) is 6.15. The van der Waals surface area contributed by atoms with Crippen molar-refractivity contribution in [2.45, 2.75) is 20.3 Å². The number of H-pyrrole nitrogens is 1. The predicted octanol–water partition coefficient (Wildman–Crippen LogP) is 3.77. The van der Waals surface area contributed by atoms with Crippen LogP contribution < -0.4 is 0 Å². The molecule has 4 rings (SSSR count). The van der Waals surface area contributed by atoms with Crippen LogP contribution in [0.5, 0.6) is 0 Å². The second-order valence-corrected chi connectivity index (χ2v) is 6.15. The Morgan fingerprint density at radius 1 is 1.13 bits per heavy atom. The first-order chi connectivity index (χ1) is 11.2. The van der Waals surface area contributed by atoms with E-state index in [4.69, 9.17) is 0 Å². The molecule has 0 atom stereocenters. The minimum Gasteiger partial charge on any atom is -0.345 e. The Kier molecular flexibility index (Phi) is 3.26. The van der Waals surface area contributed by atoms with Crippen molar-refractivity contribution in [3.63, 3.8) is 0 Å². The van der Waals surface area contributed by atoms with Crippen LogP contribution in [-0.2, 0) is 6.42 Å². The molecule has 5 heteroatoms. The van der Waals surface area contributed by atoms with Crippen LogP contribution in [0.1, 0.15) is 19.7 Å². The van der Waals surface area contributed by atoms with Crippen molar-refractivity contribution in [3.8, 4) is 11.1 Å². The van der Waals surface area contributed by atoms with Gasteiger partial charge in [-0.25, -0.2) is 19.9 Å². The largest absolute Gasteiger partial charge is 0.345 e. The Hall–Kier alpha value is -2.82. The summed E-state index contributed by atoms with van der Waals surface area (Å²) in [6.07, 6.45) is 8.19. The smallest absolute Gasteiger partial charge is 0.141 e. The molecule has 23 heavy (non-hydrogen) atoms. The van der Waals surface area contributed by atoms with Crippen LogP contribution in [0.2, 0.25) is 0 Å². The summed E-state index contributed by atoms with van der Waals surface area (Å²) in [4.78, 5) is 20.8. The molecule has 0 aliphatic heterocycles. The van der Waals surface area contributed by atoms with Gasteiger partial charge in [0.05, 0.1) is 5.52 Å². The van der Waals surface area contributed by atoms with Crippen molar-refractivity contribution in [2.24, 2.45) is 5.92 Å². The molecule has 0 spiro atoms. The van der Waals surface area contributed by atoms with Gasteiger partial charge in [-0.1, -0.05) is 19.9 Å². The third-order valence-electron chi connectivity index (χ3n) is 3.89. The number of benzene rings is 1. The number of hydrogen-bond acceptors (Lipinski definition) is 4. The van der Waals surface area contributed by atoms with E-state index in [0.717, 1.165) is 45.3 Å². The monoisotopic (exact) mass is 303 g/mol. The number of fused-ring (bicyclic) bond motifs is 2. The van der Waals surface area contributed by atoms with Gasteiger partial charge >= 0.3 is 0 Å². The molecule has 3 heterocycles. The molecule has 4 aromatic rings. The van der Waals surface area contributed by atoms with Gasteiger partial charge in [-0.3, -0.25) is 0 Å². The third kappa shape index (κ3) is 2.54. The fourth-order valence-corrected chi connectivity index (χ4v) is 2.80. The lowest BCUT2D eigenvalue weighted by molar-refractivity contribution is 0.622. The SMILES string of the molecule is CC(C)Cc1ncc2c(-c3ccc4ncncc4c3)c[nH]c2n1. The molecule has 0 aliphatic rings. The molecule has 0 bridgehead atoms. The summed E-state index contributed by atoms with van der Waals surface area (Å²) < 4.78 is 0. The average Bonchev–Trinajstić information content (AvgIpc) is 2.97. The van der Waals surface area contributed by atoms with Gasteiger partial charge in [0.15, 0.2) is 0 Å². The minimum atomic E-state index is 0.544. The summed E-state index contributed by atoms with van der Waals surface area (Å²) in [5.74, 6) is 1.43. The molecule has 5 nitrogen and oxygen atoms in total. The van der Waals surface area contributed by atoms with Gasteiger partial charge in [0, 0.05) is 41.3 Å². The van der Waals surface area contributed by atoms with Crippen molar-refractivity contribution < 1.29 is 0 Å². The molecule has 0 aliphatic carbocycles. The Balaban J connectivity index is 1.81. The average molecular weight is 303 g/mol. The number of nitrogens with zero attached hydrogens (tertiary/aromatic N) is 4. The van der Waals surface area contributed by atoms with Crippen molar-refractivity contribution in [1.29, 1.82) is 0 Å². The maximum absolute atomic E-state index is 4.63. The first kappa shape index (κ1) is 13.8. The molecule has 0 saturated carbocycles. The first-order valence-electron chi connectivity index (χ1n) is 7.74. The van der Waals surface area contributed by atoms with E-state index in [0.29, 0.717) is 5.92 Å². The normalized spacial score (nSPS) is 11.6. The van der Waals surface area contributed by atoms with Crippen molar-refractivity contribution >= 4 is 21.9 Å². The van der Waals surface area contributed by atoms with Gasteiger partial charge in [-0.15, -0.1) is 0 Å². The number of aromatic amines is 1. The molecular weight excluding hydrogens is 286 g/mol. The van der Waals surface area contributed by atoms with Crippen molar-refractivity contribution in [2.75, 3.05) is 0 Å². The van der Waals surface area contributed by atoms with Crippen LogP contribution >= 0.6 is 0 Å². The van der Waals surface area contributed by atoms with Crippen molar-refractivity contribution in [3.05, 3.63) is 48.9 Å². The van der Waals surface area contributed by atoms with Gasteiger partial charge in [-0.05, 0) is 23.6 Å². The third-order valence-corrected chi connectivity index (χ3v) is 3.89. The molecule has 1 N–H and O–H groups in total. The maximum atomic E-state index is 4.63. The van der Waals surface area contributed by atoms with E-state index < -0.39 is 0 Å². The second kappa shape index (κ2) is 5.43. The molecule has 1 aromatic carbocycles. The number of aromatic nitrogens is 5. The molecule has 0 unspecified atom stereocenters. The van der Waals surface area contributed by atoms with Crippen LogP contribution in [0.25, 0.3) is 33.1 Å². The van der Waals surface area contributed by atoms with Crippen LogP contribution in [0.15, 0.2) is 43.1 Å². The van der Waals surface area contributed by atoms with Crippen LogP contribution in [0, 0.1) is 5.92 Å². The number of hydrogen-bond donors (Lipinski definition) is 1. The predicted molar refractivity (Wildman–Crippen MR) is 91.0 cm³/mol. The summed E-state index contributed by atoms with van der Waals surface area (Å²) >= 11 is 0. The fraction of sp³-hybridized carbons (Fsp3) is 0.222. The topological polar surface area (TPSA) is 67.3 Å². The Bertz CT molecular complexity index is 987. The van der Waals surface area contributed by atoms with Gasteiger partial charge in [0.25, 0.3) is 0 Å². The fourth-order valence-electron chi connectivity index (χ4n) is 2.80. The zero-order valence-corrected chi connectivity index (χ0v) is 13.1. The maximum Gasteiger partial charge on any atom is 0.141 e. The molecule has 0 radical (unpaired) electrons. The summed E-state index contributed by atoms with van der Waals surface area (Å²) in [5, 5.41) is 2.06. The highest BCUT2D eigenvalue weighted by Crippen LogP contribution is 2.29. The summed E-state index contributed by atoms with van der Waals surface area (Å²) in [5.41, 5.74) is 4.04. The van der Waals surface area contributed by atoms with Gasteiger partial charge in [0.1, 0.15) is 17.8 Å². The highest BCUT2D eigenvalue weighted by Gasteiger charge is 2.10. The van der Waals surface area contributed by atoms with E-state index in [9.17, 15) is 0 Å². The van der Waals surface area contributed by atoms with Gasteiger partial charge < -0.3 is 4.98 Å². The molecule has 0 amide bonds. The van der Waals surface area contributed by atoms with Crippen molar-refractivity contribution in [1.82, 2.24) is 24.9 Å². The molecular formula is C18H17N5. The van der Waals surface area contributed by atoms with Crippen LogP contribution in [-0.4, -0.2) is 24.9 Å². The molecule has 0 saturated heterocycles. The standard InChI is InChI=1S/C18H17N5/c1-11(2)5-17-20-9-15-14(8-21-18(15)23-17)12-3-4-16-13(6-12)7-19-10-22-16/h3-4,6-11H,5H2,1-2H3,(H,20,21,23). The minimum absolute atomic E-state index is 0.544. The van der Waals surface area contributed by atoms with E-state index in [1.807, 2.05) is 24.7 Å². The number of rotatable bonds is 3. The van der Waals surface area contributed by atoms with Gasteiger partial charge in [0.2, 0.25) is 0 Å². The van der Waals surface area contributed by atoms with E-state index in [2.05, 4.69) is 50.9 Å².